The monoisotopic (exact) mass is 346 g/mol. The Labute approximate surface area is 153 Å². The van der Waals surface area contributed by atoms with Crippen LogP contribution in [0.15, 0.2) is 24.4 Å². The lowest BCUT2D eigenvalue weighted by molar-refractivity contribution is -0.131. The van der Waals surface area contributed by atoms with E-state index in [4.69, 9.17) is 0 Å². The molecule has 0 bridgehead atoms. The Morgan fingerprint density at radius 3 is 2.52 bits per heavy atom. The van der Waals surface area contributed by atoms with Crippen molar-refractivity contribution in [1.82, 2.24) is 14.8 Å². The molecule has 1 amide bonds. The number of anilines is 1. The minimum Gasteiger partial charge on any atom is -0.353 e. The molecule has 1 saturated heterocycles. The Kier molecular flexibility index (Phi) is 8.19. The van der Waals surface area contributed by atoms with Crippen molar-refractivity contribution in [3.63, 3.8) is 0 Å². The first-order valence-electron chi connectivity index (χ1n) is 9.79. The predicted octanol–water partition coefficient (Wildman–Crippen LogP) is 3.02. The number of aromatic nitrogens is 1. The summed E-state index contributed by atoms with van der Waals surface area (Å²) in [6, 6.07) is 6.49. The van der Waals surface area contributed by atoms with Gasteiger partial charge in [-0.2, -0.15) is 0 Å². The molecule has 140 valence electrons. The molecule has 0 spiro atoms. The first kappa shape index (κ1) is 19.7. The van der Waals surface area contributed by atoms with Crippen LogP contribution in [0.2, 0.25) is 0 Å². The third kappa shape index (κ3) is 6.31. The minimum atomic E-state index is 0.293. The molecule has 25 heavy (non-hydrogen) atoms. The van der Waals surface area contributed by atoms with E-state index in [2.05, 4.69) is 35.6 Å². The summed E-state index contributed by atoms with van der Waals surface area (Å²) in [5.74, 6) is 1.30. The zero-order valence-electron chi connectivity index (χ0n) is 16.2. The third-order valence-corrected chi connectivity index (χ3v) is 5.00. The maximum absolute atomic E-state index is 12.6. The fourth-order valence-corrected chi connectivity index (χ4v) is 3.32. The van der Waals surface area contributed by atoms with Gasteiger partial charge in [-0.3, -0.25) is 4.79 Å². The molecule has 0 atom stereocenters. The second-order valence-corrected chi connectivity index (χ2v) is 7.14. The highest BCUT2D eigenvalue weighted by Gasteiger charge is 2.22. The summed E-state index contributed by atoms with van der Waals surface area (Å²) in [7, 11) is 0. The summed E-state index contributed by atoms with van der Waals surface area (Å²) < 4.78 is 0. The molecule has 5 heteroatoms. The molecule has 2 heterocycles. The maximum Gasteiger partial charge on any atom is 0.223 e. The SMILES string of the molecule is CCCCCN(CCC(=O)N1CCN(c2ccccn2)CC1)C(C)C. The third-order valence-electron chi connectivity index (χ3n) is 5.00. The molecule has 0 unspecified atom stereocenters. The molecule has 1 aliphatic heterocycles. The second-order valence-electron chi connectivity index (χ2n) is 7.14. The molecule has 1 aromatic heterocycles. The van der Waals surface area contributed by atoms with Gasteiger partial charge in [-0.1, -0.05) is 25.8 Å². The van der Waals surface area contributed by atoms with E-state index < -0.39 is 0 Å². The minimum absolute atomic E-state index is 0.293. The first-order chi connectivity index (χ1) is 12.1. The van der Waals surface area contributed by atoms with E-state index in [1.54, 1.807) is 0 Å². The van der Waals surface area contributed by atoms with E-state index in [-0.39, 0.29) is 0 Å². The molecule has 5 nitrogen and oxygen atoms in total. The Hall–Kier alpha value is -1.62. The maximum atomic E-state index is 12.6. The zero-order valence-corrected chi connectivity index (χ0v) is 16.2. The van der Waals surface area contributed by atoms with Crippen LogP contribution in [0, 0.1) is 0 Å². The number of rotatable bonds is 9. The Morgan fingerprint density at radius 1 is 1.16 bits per heavy atom. The summed E-state index contributed by atoms with van der Waals surface area (Å²) in [5, 5.41) is 0. The van der Waals surface area contributed by atoms with E-state index in [0.29, 0.717) is 18.4 Å². The van der Waals surface area contributed by atoms with E-state index in [0.717, 1.165) is 45.1 Å². The lowest BCUT2D eigenvalue weighted by Crippen LogP contribution is -2.49. The quantitative estimate of drug-likeness (QED) is 0.645. The highest BCUT2D eigenvalue weighted by Crippen LogP contribution is 2.13. The van der Waals surface area contributed by atoms with Crippen LogP contribution in [0.4, 0.5) is 5.82 Å². The average Bonchev–Trinajstić information content (AvgIpc) is 2.65. The highest BCUT2D eigenvalue weighted by atomic mass is 16.2. The molecule has 1 aromatic rings. The van der Waals surface area contributed by atoms with Crippen LogP contribution in [0.1, 0.15) is 46.5 Å². The molecule has 0 saturated carbocycles. The van der Waals surface area contributed by atoms with Gasteiger partial charge in [0.15, 0.2) is 0 Å². The van der Waals surface area contributed by atoms with Crippen LogP contribution in [0.25, 0.3) is 0 Å². The fourth-order valence-electron chi connectivity index (χ4n) is 3.32. The number of nitrogens with zero attached hydrogens (tertiary/aromatic N) is 4. The predicted molar refractivity (Wildman–Crippen MR) is 104 cm³/mol. The van der Waals surface area contributed by atoms with E-state index in [1.165, 1.54) is 19.3 Å². The van der Waals surface area contributed by atoms with Crippen molar-refractivity contribution >= 4 is 11.7 Å². The smallest absolute Gasteiger partial charge is 0.223 e. The fraction of sp³-hybridized carbons (Fsp3) is 0.700. The van der Waals surface area contributed by atoms with Gasteiger partial charge < -0.3 is 14.7 Å². The van der Waals surface area contributed by atoms with Crippen LogP contribution in [0.3, 0.4) is 0 Å². The second kappa shape index (κ2) is 10.4. The van der Waals surface area contributed by atoms with Gasteiger partial charge in [0.25, 0.3) is 0 Å². The Bertz CT molecular complexity index is 498. The molecule has 0 aromatic carbocycles. The van der Waals surface area contributed by atoms with Gasteiger partial charge >= 0.3 is 0 Å². The number of carbonyl (C=O) groups is 1. The molecule has 0 N–H and O–H groups in total. The number of amides is 1. The van der Waals surface area contributed by atoms with Crippen LogP contribution in [-0.4, -0.2) is 66.0 Å². The first-order valence-corrected chi connectivity index (χ1v) is 9.79. The average molecular weight is 347 g/mol. The lowest BCUT2D eigenvalue weighted by Gasteiger charge is -2.36. The highest BCUT2D eigenvalue weighted by molar-refractivity contribution is 5.76. The lowest BCUT2D eigenvalue weighted by atomic mass is 10.2. The summed E-state index contributed by atoms with van der Waals surface area (Å²) in [6.07, 6.45) is 6.20. The van der Waals surface area contributed by atoms with Gasteiger partial charge in [0.05, 0.1) is 0 Å². The molecule has 0 radical (unpaired) electrons. The standard InChI is InChI=1S/C20H34N4O/c1-4-5-8-12-22(18(2)3)13-10-20(25)24-16-14-23(15-17-24)19-9-6-7-11-21-19/h6-7,9,11,18H,4-5,8,10,12-17H2,1-3H3. The summed E-state index contributed by atoms with van der Waals surface area (Å²) >= 11 is 0. The summed E-state index contributed by atoms with van der Waals surface area (Å²) in [5.41, 5.74) is 0. The van der Waals surface area contributed by atoms with Crippen LogP contribution < -0.4 is 4.90 Å². The topological polar surface area (TPSA) is 39.7 Å². The molecule has 1 aliphatic rings. The Balaban J connectivity index is 1.74. The van der Waals surface area contributed by atoms with Crippen LogP contribution in [0.5, 0.6) is 0 Å². The molecule has 2 rings (SSSR count). The van der Waals surface area contributed by atoms with Crippen molar-refractivity contribution in [3.05, 3.63) is 24.4 Å². The van der Waals surface area contributed by atoms with Crippen molar-refractivity contribution < 1.29 is 4.79 Å². The Morgan fingerprint density at radius 2 is 1.92 bits per heavy atom. The number of unbranched alkanes of at least 4 members (excludes halogenated alkanes) is 2. The van der Waals surface area contributed by atoms with Gasteiger partial charge in [-0.05, 0) is 38.9 Å². The number of pyridine rings is 1. The van der Waals surface area contributed by atoms with Crippen molar-refractivity contribution in [3.8, 4) is 0 Å². The molecular weight excluding hydrogens is 312 g/mol. The van der Waals surface area contributed by atoms with E-state index in [1.807, 2.05) is 29.3 Å². The van der Waals surface area contributed by atoms with Crippen LogP contribution in [-0.2, 0) is 4.79 Å². The van der Waals surface area contributed by atoms with Gasteiger partial charge in [0.2, 0.25) is 5.91 Å². The number of hydrogen-bond acceptors (Lipinski definition) is 4. The number of carbonyl (C=O) groups excluding carboxylic acids is 1. The zero-order chi connectivity index (χ0) is 18.1. The molecule has 1 fully saturated rings. The number of hydrogen-bond donors (Lipinski definition) is 0. The van der Waals surface area contributed by atoms with Gasteiger partial charge in [-0.25, -0.2) is 4.98 Å². The van der Waals surface area contributed by atoms with Gasteiger partial charge in [0, 0.05) is 51.4 Å². The van der Waals surface area contributed by atoms with Crippen molar-refractivity contribution in [2.75, 3.05) is 44.2 Å². The summed E-state index contributed by atoms with van der Waals surface area (Å²) in [6.45, 7) is 12.0. The summed E-state index contributed by atoms with van der Waals surface area (Å²) in [4.78, 5) is 23.7. The van der Waals surface area contributed by atoms with E-state index in [9.17, 15) is 4.79 Å². The normalized spacial score (nSPS) is 15.2. The van der Waals surface area contributed by atoms with Gasteiger partial charge in [0.1, 0.15) is 5.82 Å². The van der Waals surface area contributed by atoms with Crippen molar-refractivity contribution in [1.29, 1.82) is 0 Å². The van der Waals surface area contributed by atoms with Crippen molar-refractivity contribution in [2.24, 2.45) is 0 Å². The molecule has 0 aliphatic carbocycles. The number of piperazine rings is 1. The van der Waals surface area contributed by atoms with Gasteiger partial charge in [-0.15, -0.1) is 0 Å². The van der Waals surface area contributed by atoms with E-state index >= 15 is 0 Å². The van der Waals surface area contributed by atoms with Crippen LogP contribution >= 0.6 is 0 Å². The van der Waals surface area contributed by atoms with Crippen molar-refractivity contribution in [2.45, 2.75) is 52.5 Å². The largest absolute Gasteiger partial charge is 0.353 e. The molecular formula is C20H34N4O.